The molecule has 104 valence electrons. The second-order valence-corrected chi connectivity index (χ2v) is 5.22. The third-order valence-electron chi connectivity index (χ3n) is 3.45. The zero-order chi connectivity index (χ0) is 14.4. The summed E-state index contributed by atoms with van der Waals surface area (Å²) in [4.78, 5) is 2.19. The van der Waals surface area contributed by atoms with E-state index in [1.54, 1.807) is 0 Å². The van der Waals surface area contributed by atoms with Gasteiger partial charge in [-0.25, -0.2) is 0 Å². The molecule has 1 aromatic rings. The number of anilines is 1. The molecule has 0 unspecified atom stereocenters. The molecule has 0 saturated carbocycles. The third kappa shape index (κ3) is 3.66. The maximum Gasteiger partial charge on any atom is 0.169 e. The van der Waals surface area contributed by atoms with Crippen molar-refractivity contribution in [3.8, 4) is 6.07 Å². The maximum atomic E-state index is 9.38. The summed E-state index contributed by atoms with van der Waals surface area (Å²) in [6.45, 7) is 11.2. The van der Waals surface area contributed by atoms with Crippen molar-refractivity contribution in [2.75, 3.05) is 11.4 Å². The van der Waals surface area contributed by atoms with Crippen molar-refractivity contribution in [3.05, 3.63) is 16.8 Å². The van der Waals surface area contributed by atoms with E-state index in [1.807, 2.05) is 13.8 Å². The Morgan fingerprint density at radius 2 is 1.89 bits per heavy atom. The minimum absolute atomic E-state index is 0.320. The van der Waals surface area contributed by atoms with Crippen molar-refractivity contribution < 1.29 is 0 Å². The Morgan fingerprint density at radius 1 is 1.21 bits per heavy atom. The Morgan fingerprint density at radius 3 is 2.42 bits per heavy atom. The fourth-order valence-electron chi connectivity index (χ4n) is 2.07. The molecule has 0 atom stereocenters. The quantitative estimate of drug-likeness (QED) is 0.736. The number of hydrogen-bond donors (Lipinski definition) is 0. The fraction of sp³-hybridized carbons (Fsp3) is 0.667. The van der Waals surface area contributed by atoms with Gasteiger partial charge in [-0.2, -0.15) is 10.4 Å². The second-order valence-electron chi connectivity index (χ2n) is 5.22. The van der Waals surface area contributed by atoms with Crippen molar-refractivity contribution in [1.29, 1.82) is 5.26 Å². The second kappa shape index (κ2) is 7.08. The van der Waals surface area contributed by atoms with E-state index < -0.39 is 0 Å². The molecule has 0 aliphatic carbocycles. The summed E-state index contributed by atoms with van der Waals surface area (Å²) in [7, 11) is 0. The molecule has 1 aromatic heterocycles. The Labute approximate surface area is 116 Å². The summed E-state index contributed by atoms with van der Waals surface area (Å²) in [6.07, 6.45) is 3.51. The molecule has 0 saturated heterocycles. The highest BCUT2D eigenvalue weighted by Crippen LogP contribution is 2.23. The lowest BCUT2D eigenvalue weighted by Gasteiger charge is -2.28. The van der Waals surface area contributed by atoms with E-state index in [0.717, 1.165) is 30.0 Å². The predicted molar refractivity (Wildman–Crippen MR) is 78.2 cm³/mol. The van der Waals surface area contributed by atoms with Crippen LogP contribution in [0.3, 0.4) is 0 Å². The molecule has 1 heterocycles. The first-order valence-corrected chi connectivity index (χ1v) is 7.03. The van der Waals surface area contributed by atoms with E-state index in [0.29, 0.717) is 11.6 Å². The van der Waals surface area contributed by atoms with Crippen molar-refractivity contribution >= 4 is 5.82 Å². The van der Waals surface area contributed by atoms with E-state index in [-0.39, 0.29) is 0 Å². The van der Waals surface area contributed by atoms with E-state index in [4.69, 9.17) is 0 Å². The van der Waals surface area contributed by atoms with E-state index in [9.17, 15) is 5.26 Å². The summed E-state index contributed by atoms with van der Waals surface area (Å²) in [5, 5.41) is 17.8. The molecule has 4 nitrogen and oxygen atoms in total. The average Bonchev–Trinajstić information content (AvgIpc) is 2.38. The van der Waals surface area contributed by atoms with Crippen LogP contribution in [-0.4, -0.2) is 22.8 Å². The van der Waals surface area contributed by atoms with Gasteiger partial charge in [0.25, 0.3) is 0 Å². The summed E-state index contributed by atoms with van der Waals surface area (Å²) < 4.78 is 0. The lowest BCUT2D eigenvalue weighted by molar-refractivity contribution is 0.614. The Balaban J connectivity index is 3.09. The monoisotopic (exact) mass is 260 g/mol. The summed E-state index contributed by atoms with van der Waals surface area (Å²) in [5.74, 6) is 0.733. The topological polar surface area (TPSA) is 52.8 Å². The number of hydrogen-bond acceptors (Lipinski definition) is 4. The summed E-state index contributed by atoms with van der Waals surface area (Å²) >= 11 is 0. The lowest BCUT2D eigenvalue weighted by atomic mass is 10.1. The molecule has 0 spiro atoms. The minimum Gasteiger partial charge on any atom is -0.352 e. The number of rotatable bonds is 6. The number of aryl methyl sites for hydroxylation is 1. The molecular formula is C15H24N4. The van der Waals surface area contributed by atoms with Crippen LogP contribution < -0.4 is 4.90 Å². The highest BCUT2D eigenvalue weighted by atomic mass is 15.3. The van der Waals surface area contributed by atoms with Crippen molar-refractivity contribution in [3.63, 3.8) is 0 Å². The molecular weight excluding hydrogens is 236 g/mol. The molecule has 0 radical (unpaired) electrons. The van der Waals surface area contributed by atoms with Crippen LogP contribution in [0, 0.1) is 25.2 Å². The van der Waals surface area contributed by atoms with Crippen molar-refractivity contribution in [2.45, 2.75) is 59.9 Å². The van der Waals surface area contributed by atoms with Gasteiger partial charge in [-0.15, -0.1) is 5.10 Å². The Bertz CT molecular complexity index is 460. The molecule has 0 fully saturated rings. The van der Waals surface area contributed by atoms with Gasteiger partial charge in [-0.3, -0.25) is 0 Å². The van der Waals surface area contributed by atoms with Crippen LogP contribution in [0.4, 0.5) is 5.82 Å². The maximum absolute atomic E-state index is 9.38. The largest absolute Gasteiger partial charge is 0.352 e. The van der Waals surface area contributed by atoms with Crippen LogP contribution in [0.2, 0.25) is 0 Å². The van der Waals surface area contributed by atoms with Crippen LogP contribution in [-0.2, 0) is 0 Å². The van der Waals surface area contributed by atoms with Gasteiger partial charge in [0, 0.05) is 12.6 Å². The minimum atomic E-state index is 0.320. The number of unbranched alkanes of at least 4 members (excludes halogenated alkanes) is 2. The van der Waals surface area contributed by atoms with Crippen LogP contribution in [0.25, 0.3) is 0 Å². The van der Waals surface area contributed by atoms with Gasteiger partial charge in [0.15, 0.2) is 5.82 Å². The van der Waals surface area contributed by atoms with E-state index in [1.165, 1.54) is 12.8 Å². The predicted octanol–water partition coefficient (Wildman–Crippen LogP) is 3.37. The van der Waals surface area contributed by atoms with Gasteiger partial charge < -0.3 is 4.90 Å². The Hall–Kier alpha value is -1.63. The summed E-state index contributed by atoms with van der Waals surface area (Å²) in [5.41, 5.74) is 2.43. The zero-order valence-electron chi connectivity index (χ0n) is 12.7. The first-order chi connectivity index (χ1) is 9.02. The molecule has 0 aliphatic heterocycles. The molecule has 1 rings (SSSR count). The molecule has 0 bridgehead atoms. The molecule has 0 amide bonds. The van der Waals surface area contributed by atoms with E-state index in [2.05, 4.69) is 41.9 Å². The first-order valence-electron chi connectivity index (χ1n) is 7.03. The Kier molecular flexibility index (Phi) is 5.75. The van der Waals surface area contributed by atoms with Gasteiger partial charge in [0.1, 0.15) is 11.6 Å². The van der Waals surface area contributed by atoms with Gasteiger partial charge in [-0.1, -0.05) is 19.8 Å². The highest BCUT2D eigenvalue weighted by Gasteiger charge is 2.19. The SMILES string of the molecule is CCCCCN(c1nnc(C)c(C)c1C#N)C(C)C. The van der Waals surface area contributed by atoms with Gasteiger partial charge in [0.05, 0.1) is 5.69 Å². The highest BCUT2D eigenvalue weighted by molar-refractivity contribution is 5.57. The van der Waals surface area contributed by atoms with Crippen LogP contribution >= 0.6 is 0 Å². The molecule has 0 aromatic carbocycles. The van der Waals surface area contributed by atoms with Crippen LogP contribution in [0.15, 0.2) is 0 Å². The van der Waals surface area contributed by atoms with E-state index >= 15 is 0 Å². The van der Waals surface area contributed by atoms with Gasteiger partial charge in [0.2, 0.25) is 0 Å². The molecule has 4 heteroatoms. The normalized spacial score (nSPS) is 10.6. The van der Waals surface area contributed by atoms with Crippen LogP contribution in [0.1, 0.15) is 56.9 Å². The smallest absolute Gasteiger partial charge is 0.169 e. The third-order valence-corrected chi connectivity index (χ3v) is 3.45. The van der Waals surface area contributed by atoms with Crippen molar-refractivity contribution in [2.24, 2.45) is 0 Å². The molecule has 0 aliphatic rings. The average molecular weight is 260 g/mol. The van der Waals surface area contributed by atoms with Gasteiger partial charge in [-0.05, 0) is 39.7 Å². The molecule has 19 heavy (non-hydrogen) atoms. The summed E-state index contributed by atoms with van der Waals surface area (Å²) in [6, 6.07) is 2.61. The number of nitriles is 1. The van der Waals surface area contributed by atoms with Gasteiger partial charge >= 0.3 is 0 Å². The first kappa shape index (κ1) is 15.4. The number of nitrogens with zero attached hydrogens (tertiary/aromatic N) is 4. The zero-order valence-corrected chi connectivity index (χ0v) is 12.7. The lowest BCUT2D eigenvalue weighted by Crippen LogP contribution is -2.33. The van der Waals surface area contributed by atoms with Crippen LogP contribution in [0.5, 0.6) is 0 Å². The van der Waals surface area contributed by atoms with Crippen molar-refractivity contribution in [1.82, 2.24) is 10.2 Å². The fourth-order valence-corrected chi connectivity index (χ4v) is 2.07. The standard InChI is InChI=1S/C15H24N4/c1-6-7-8-9-19(11(2)3)15-14(10-16)12(4)13(5)17-18-15/h11H,6-9H2,1-5H3. The molecule has 0 N–H and O–H groups in total. The number of aromatic nitrogens is 2.